The van der Waals surface area contributed by atoms with Gasteiger partial charge in [-0.05, 0) is 41.5 Å². The molecule has 1 aliphatic heterocycles. The molecule has 0 fully saturated rings. The standard InChI is InChI=1S/C24H20ClNO5/c1-29-22-11-17(7-9-21(22)30-14-16-5-3-2-4-6-16)13-26-23(27)15-31-20-10-8-18(25)12-19(20)24(26)28/h2-12H,13-15H2,1H3. The number of halogens is 1. The quantitative estimate of drug-likeness (QED) is 0.532. The average Bonchev–Trinajstić information content (AvgIpc) is 2.90. The van der Waals surface area contributed by atoms with Crippen molar-refractivity contribution in [1.29, 1.82) is 0 Å². The van der Waals surface area contributed by atoms with E-state index in [0.29, 0.717) is 28.9 Å². The van der Waals surface area contributed by atoms with Crippen LogP contribution in [0.1, 0.15) is 21.5 Å². The molecule has 3 aromatic rings. The second-order valence-electron chi connectivity index (χ2n) is 6.97. The molecular weight excluding hydrogens is 418 g/mol. The summed E-state index contributed by atoms with van der Waals surface area (Å²) in [5.74, 6) is 0.545. The number of imide groups is 1. The summed E-state index contributed by atoms with van der Waals surface area (Å²) >= 11 is 6.03. The topological polar surface area (TPSA) is 65.1 Å². The van der Waals surface area contributed by atoms with Crippen molar-refractivity contribution in [3.8, 4) is 17.2 Å². The molecule has 0 radical (unpaired) electrons. The summed E-state index contributed by atoms with van der Waals surface area (Å²) in [5, 5.41) is 0.395. The van der Waals surface area contributed by atoms with Crippen LogP contribution in [-0.4, -0.2) is 30.4 Å². The number of benzene rings is 3. The summed E-state index contributed by atoms with van der Waals surface area (Å²) in [4.78, 5) is 26.7. The molecule has 0 saturated carbocycles. The molecule has 0 unspecified atom stereocenters. The number of carbonyl (C=O) groups excluding carboxylic acids is 2. The van der Waals surface area contributed by atoms with E-state index in [1.165, 1.54) is 6.07 Å². The SMILES string of the molecule is COc1cc(CN2C(=O)COc3ccc(Cl)cc3C2=O)ccc1OCc1ccccc1. The number of hydrogen-bond acceptors (Lipinski definition) is 5. The van der Waals surface area contributed by atoms with Gasteiger partial charge >= 0.3 is 0 Å². The van der Waals surface area contributed by atoms with Gasteiger partial charge in [-0.3, -0.25) is 14.5 Å². The van der Waals surface area contributed by atoms with E-state index in [0.717, 1.165) is 16.0 Å². The predicted octanol–water partition coefficient (Wildman–Crippen LogP) is 4.49. The molecule has 7 heteroatoms. The second kappa shape index (κ2) is 9.10. The average molecular weight is 438 g/mol. The first kappa shape index (κ1) is 20.8. The van der Waals surface area contributed by atoms with E-state index in [2.05, 4.69) is 0 Å². The van der Waals surface area contributed by atoms with Crippen molar-refractivity contribution in [1.82, 2.24) is 4.90 Å². The van der Waals surface area contributed by atoms with Crippen LogP contribution in [-0.2, 0) is 17.9 Å². The molecule has 0 spiro atoms. The molecule has 31 heavy (non-hydrogen) atoms. The van der Waals surface area contributed by atoms with Crippen LogP contribution >= 0.6 is 11.6 Å². The Labute approximate surface area is 184 Å². The summed E-state index contributed by atoms with van der Waals surface area (Å²) in [5.41, 5.74) is 2.01. The molecular formula is C24H20ClNO5. The fourth-order valence-corrected chi connectivity index (χ4v) is 3.45. The maximum absolute atomic E-state index is 13.0. The van der Waals surface area contributed by atoms with Gasteiger partial charge in [0.2, 0.25) is 0 Å². The minimum atomic E-state index is -0.455. The van der Waals surface area contributed by atoms with Crippen LogP contribution in [0.3, 0.4) is 0 Å². The van der Waals surface area contributed by atoms with E-state index in [9.17, 15) is 9.59 Å². The Hall–Kier alpha value is -3.51. The Morgan fingerprint density at radius 3 is 2.55 bits per heavy atom. The zero-order valence-electron chi connectivity index (χ0n) is 16.8. The molecule has 0 aromatic heterocycles. The fraction of sp³-hybridized carbons (Fsp3) is 0.167. The number of fused-ring (bicyclic) bond motifs is 1. The molecule has 0 atom stereocenters. The van der Waals surface area contributed by atoms with Gasteiger partial charge in [-0.1, -0.05) is 48.0 Å². The lowest BCUT2D eigenvalue weighted by Gasteiger charge is -2.19. The zero-order chi connectivity index (χ0) is 21.8. The number of nitrogens with zero attached hydrogens (tertiary/aromatic N) is 1. The van der Waals surface area contributed by atoms with E-state index in [1.807, 2.05) is 30.3 Å². The van der Waals surface area contributed by atoms with Gasteiger partial charge in [0.25, 0.3) is 11.8 Å². The van der Waals surface area contributed by atoms with Crippen molar-refractivity contribution in [2.45, 2.75) is 13.2 Å². The van der Waals surface area contributed by atoms with Gasteiger partial charge in [-0.25, -0.2) is 0 Å². The van der Waals surface area contributed by atoms with Crippen molar-refractivity contribution < 1.29 is 23.8 Å². The summed E-state index contributed by atoms with van der Waals surface area (Å²) in [6.07, 6.45) is 0. The molecule has 0 bridgehead atoms. The summed E-state index contributed by atoms with van der Waals surface area (Å²) in [7, 11) is 1.54. The molecule has 3 aromatic carbocycles. The normalized spacial score (nSPS) is 13.3. The molecule has 6 nitrogen and oxygen atoms in total. The van der Waals surface area contributed by atoms with Crippen LogP contribution < -0.4 is 14.2 Å². The predicted molar refractivity (Wildman–Crippen MR) is 116 cm³/mol. The highest BCUT2D eigenvalue weighted by molar-refractivity contribution is 6.31. The van der Waals surface area contributed by atoms with E-state index in [4.69, 9.17) is 25.8 Å². The van der Waals surface area contributed by atoms with Crippen LogP contribution in [0.15, 0.2) is 66.7 Å². The third kappa shape index (κ3) is 4.64. The molecule has 158 valence electrons. The summed E-state index contributed by atoms with van der Waals surface area (Å²) < 4.78 is 16.8. The Bertz CT molecular complexity index is 1120. The number of methoxy groups -OCH3 is 1. The van der Waals surface area contributed by atoms with Crippen molar-refractivity contribution >= 4 is 23.4 Å². The van der Waals surface area contributed by atoms with E-state index in [1.54, 1.807) is 37.4 Å². The Morgan fingerprint density at radius 1 is 0.968 bits per heavy atom. The summed E-state index contributed by atoms with van der Waals surface area (Å²) in [6.45, 7) is 0.243. The van der Waals surface area contributed by atoms with Crippen LogP contribution in [0.5, 0.6) is 17.2 Å². The van der Waals surface area contributed by atoms with Crippen molar-refractivity contribution in [3.05, 3.63) is 88.4 Å². The van der Waals surface area contributed by atoms with Crippen molar-refractivity contribution in [3.63, 3.8) is 0 Å². The van der Waals surface area contributed by atoms with Gasteiger partial charge in [0.05, 0.1) is 19.2 Å². The number of amides is 2. The molecule has 1 aliphatic rings. The molecule has 1 heterocycles. The minimum Gasteiger partial charge on any atom is -0.493 e. The molecule has 0 saturated heterocycles. The Kier molecular flexibility index (Phi) is 6.09. The highest BCUT2D eigenvalue weighted by atomic mass is 35.5. The van der Waals surface area contributed by atoms with E-state index < -0.39 is 11.8 Å². The lowest BCUT2D eigenvalue weighted by atomic mass is 10.1. The van der Waals surface area contributed by atoms with Crippen LogP contribution in [0, 0.1) is 0 Å². The third-order valence-corrected chi connectivity index (χ3v) is 5.11. The van der Waals surface area contributed by atoms with Crippen molar-refractivity contribution in [2.75, 3.05) is 13.7 Å². The van der Waals surface area contributed by atoms with Crippen LogP contribution in [0.2, 0.25) is 5.02 Å². The maximum atomic E-state index is 13.0. The van der Waals surface area contributed by atoms with Crippen LogP contribution in [0.25, 0.3) is 0 Å². The lowest BCUT2D eigenvalue weighted by molar-refractivity contribution is -0.130. The fourth-order valence-electron chi connectivity index (χ4n) is 3.28. The van der Waals surface area contributed by atoms with E-state index in [-0.39, 0.29) is 18.7 Å². The Balaban J connectivity index is 1.54. The largest absolute Gasteiger partial charge is 0.493 e. The monoisotopic (exact) mass is 437 g/mol. The number of ether oxygens (including phenoxy) is 3. The van der Waals surface area contributed by atoms with Crippen molar-refractivity contribution in [2.24, 2.45) is 0 Å². The van der Waals surface area contributed by atoms with Gasteiger partial charge < -0.3 is 14.2 Å². The molecule has 0 N–H and O–H groups in total. The highest BCUT2D eigenvalue weighted by Gasteiger charge is 2.30. The zero-order valence-corrected chi connectivity index (χ0v) is 17.6. The van der Waals surface area contributed by atoms with Gasteiger partial charge in [-0.15, -0.1) is 0 Å². The second-order valence-corrected chi connectivity index (χ2v) is 7.41. The first-order chi connectivity index (χ1) is 15.0. The van der Waals surface area contributed by atoms with Gasteiger partial charge in [0.1, 0.15) is 12.4 Å². The third-order valence-electron chi connectivity index (χ3n) is 4.88. The van der Waals surface area contributed by atoms with Gasteiger partial charge in [0, 0.05) is 5.02 Å². The molecule has 2 amide bonds. The Morgan fingerprint density at radius 2 is 1.77 bits per heavy atom. The smallest absolute Gasteiger partial charge is 0.267 e. The highest BCUT2D eigenvalue weighted by Crippen LogP contribution is 2.31. The maximum Gasteiger partial charge on any atom is 0.267 e. The number of rotatable bonds is 6. The minimum absolute atomic E-state index is 0.0717. The number of hydrogen-bond donors (Lipinski definition) is 0. The molecule has 0 aliphatic carbocycles. The first-order valence-corrected chi connectivity index (χ1v) is 10.0. The van der Waals surface area contributed by atoms with Gasteiger partial charge in [0.15, 0.2) is 18.1 Å². The summed E-state index contributed by atoms with van der Waals surface area (Å²) in [6, 6.07) is 19.8. The van der Waals surface area contributed by atoms with Crippen LogP contribution in [0.4, 0.5) is 0 Å². The lowest BCUT2D eigenvalue weighted by Crippen LogP contribution is -2.37. The first-order valence-electron chi connectivity index (χ1n) is 9.66. The number of carbonyl (C=O) groups is 2. The van der Waals surface area contributed by atoms with E-state index >= 15 is 0 Å². The van der Waals surface area contributed by atoms with Gasteiger partial charge in [-0.2, -0.15) is 0 Å². The molecule has 4 rings (SSSR count).